The van der Waals surface area contributed by atoms with E-state index >= 15 is 0 Å². The summed E-state index contributed by atoms with van der Waals surface area (Å²) in [4.78, 5) is 36.3. The van der Waals surface area contributed by atoms with Crippen LogP contribution in [0.1, 0.15) is 42.8 Å². The number of nitrogens with one attached hydrogen (secondary N) is 1. The van der Waals surface area contributed by atoms with Crippen LogP contribution in [-0.2, 0) is 4.79 Å². The van der Waals surface area contributed by atoms with E-state index in [9.17, 15) is 19.5 Å². The van der Waals surface area contributed by atoms with Crippen LogP contribution in [0.25, 0.3) is 11.1 Å². The normalized spacial score (nSPS) is 15.5. The van der Waals surface area contributed by atoms with Crippen molar-refractivity contribution in [2.75, 3.05) is 5.32 Å². The first kappa shape index (κ1) is 19.2. The molecule has 0 bridgehead atoms. The summed E-state index contributed by atoms with van der Waals surface area (Å²) in [6, 6.07) is 13.1. The van der Waals surface area contributed by atoms with Crippen LogP contribution >= 0.6 is 22.9 Å². The van der Waals surface area contributed by atoms with Crippen molar-refractivity contribution in [3.05, 3.63) is 74.4 Å². The van der Waals surface area contributed by atoms with Crippen LogP contribution in [-0.4, -0.2) is 28.1 Å². The van der Waals surface area contributed by atoms with E-state index < -0.39 is 11.9 Å². The summed E-state index contributed by atoms with van der Waals surface area (Å²) < 4.78 is 0. The lowest BCUT2D eigenvalue weighted by molar-refractivity contribution is -0.116. The molecule has 1 atom stereocenters. The summed E-state index contributed by atoms with van der Waals surface area (Å²) in [5, 5.41) is 22.2. The molecule has 0 aliphatic carbocycles. The minimum absolute atomic E-state index is 0.131. The van der Waals surface area contributed by atoms with E-state index in [0.29, 0.717) is 21.8 Å². The molecule has 1 amide bonds. The van der Waals surface area contributed by atoms with Gasteiger partial charge >= 0.3 is 11.9 Å². The van der Waals surface area contributed by atoms with E-state index in [-0.39, 0.29) is 28.7 Å². The summed E-state index contributed by atoms with van der Waals surface area (Å²) in [6.07, 6.45) is 0.152. The Labute approximate surface area is 174 Å². The number of carboxylic acids is 2. The maximum atomic E-state index is 12.4. The Bertz CT molecular complexity index is 1140. The molecule has 4 rings (SSSR count). The number of fused-ring (bicyclic) bond motifs is 1. The third-order valence-corrected chi connectivity index (χ3v) is 6.34. The van der Waals surface area contributed by atoms with Crippen LogP contribution in [0.5, 0.6) is 0 Å². The number of amides is 1. The number of aromatic carboxylic acids is 2. The van der Waals surface area contributed by atoms with Gasteiger partial charge in [0.1, 0.15) is 4.88 Å². The third kappa shape index (κ3) is 3.50. The number of halogens is 1. The molecule has 29 heavy (non-hydrogen) atoms. The van der Waals surface area contributed by atoms with Crippen molar-refractivity contribution in [2.24, 2.45) is 0 Å². The van der Waals surface area contributed by atoms with Gasteiger partial charge in [-0.15, -0.1) is 11.3 Å². The highest BCUT2D eigenvalue weighted by Crippen LogP contribution is 2.49. The zero-order chi connectivity index (χ0) is 20.7. The zero-order valence-electron chi connectivity index (χ0n) is 14.8. The van der Waals surface area contributed by atoms with Crippen molar-refractivity contribution >= 4 is 46.5 Å². The molecule has 3 aromatic rings. The van der Waals surface area contributed by atoms with Gasteiger partial charge in [-0.05, 0) is 35.4 Å². The van der Waals surface area contributed by atoms with Crippen molar-refractivity contribution in [3.8, 4) is 11.1 Å². The summed E-state index contributed by atoms with van der Waals surface area (Å²) in [5.74, 6) is -2.70. The zero-order valence-corrected chi connectivity index (χ0v) is 16.4. The Morgan fingerprint density at radius 3 is 2.24 bits per heavy atom. The van der Waals surface area contributed by atoms with E-state index in [1.54, 1.807) is 36.4 Å². The second-order valence-electron chi connectivity index (χ2n) is 6.59. The summed E-state index contributed by atoms with van der Waals surface area (Å²) in [6.45, 7) is 0. The molecule has 2 heterocycles. The van der Waals surface area contributed by atoms with Crippen molar-refractivity contribution in [1.29, 1.82) is 0 Å². The number of benzene rings is 2. The highest BCUT2D eigenvalue weighted by atomic mass is 35.5. The lowest BCUT2D eigenvalue weighted by Crippen LogP contribution is -2.22. The maximum absolute atomic E-state index is 12.4. The average Bonchev–Trinajstić information content (AvgIpc) is 3.07. The van der Waals surface area contributed by atoms with Crippen molar-refractivity contribution < 1.29 is 24.6 Å². The van der Waals surface area contributed by atoms with Gasteiger partial charge in [0.15, 0.2) is 0 Å². The van der Waals surface area contributed by atoms with Crippen LogP contribution in [0.15, 0.2) is 48.5 Å². The number of rotatable bonds is 4. The predicted octanol–water partition coefficient (Wildman–Crippen LogP) is 4.94. The molecule has 0 fully saturated rings. The molecule has 1 aliphatic rings. The predicted molar refractivity (Wildman–Crippen MR) is 110 cm³/mol. The van der Waals surface area contributed by atoms with Crippen molar-refractivity contribution in [1.82, 2.24) is 0 Å². The highest BCUT2D eigenvalue weighted by Gasteiger charge is 2.34. The summed E-state index contributed by atoms with van der Waals surface area (Å²) in [7, 11) is 0. The first-order chi connectivity index (χ1) is 13.8. The van der Waals surface area contributed by atoms with Gasteiger partial charge in [-0.2, -0.15) is 0 Å². The molecule has 2 aromatic carbocycles. The van der Waals surface area contributed by atoms with Gasteiger partial charge in [-0.25, -0.2) is 9.59 Å². The first-order valence-electron chi connectivity index (χ1n) is 8.64. The smallest absolute Gasteiger partial charge is 0.346 e. The van der Waals surface area contributed by atoms with Gasteiger partial charge in [-0.1, -0.05) is 35.9 Å². The lowest BCUT2D eigenvalue weighted by atomic mass is 9.88. The standard InChI is InChI=1S/C21H14ClNO5S/c22-13-7-5-11(6-8-13)16-17-18(29-19(16)21(27)28)14(9-15(24)23-17)10-1-3-12(4-2-10)20(25)26/h1-8,14H,9H2,(H,23,24)(H,25,26)(H,27,28)/t14-/m1/s1. The minimum Gasteiger partial charge on any atom is -0.478 e. The molecule has 8 heteroatoms. The molecular weight excluding hydrogens is 414 g/mol. The van der Waals surface area contributed by atoms with Crippen molar-refractivity contribution in [3.63, 3.8) is 0 Å². The van der Waals surface area contributed by atoms with E-state index in [4.69, 9.17) is 16.7 Å². The van der Waals surface area contributed by atoms with Gasteiger partial charge in [0.05, 0.1) is 11.3 Å². The fourth-order valence-corrected chi connectivity index (χ4v) is 4.83. The lowest BCUT2D eigenvalue weighted by Gasteiger charge is -2.24. The Morgan fingerprint density at radius 1 is 1.00 bits per heavy atom. The van der Waals surface area contributed by atoms with E-state index in [1.807, 2.05) is 0 Å². The number of thiophene rings is 1. The molecule has 0 spiro atoms. The van der Waals surface area contributed by atoms with Crippen LogP contribution in [0.4, 0.5) is 5.69 Å². The maximum Gasteiger partial charge on any atom is 0.346 e. The van der Waals surface area contributed by atoms with Gasteiger partial charge in [0.25, 0.3) is 0 Å². The van der Waals surface area contributed by atoms with Crippen LogP contribution in [0.2, 0.25) is 5.02 Å². The molecule has 1 aliphatic heterocycles. The molecule has 3 N–H and O–H groups in total. The number of carbonyl (C=O) groups excluding carboxylic acids is 1. The Hall–Kier alpha value is -3.16. The Balaban J connectivity index is 1.88. The quantitative estimate of drug-likeness (QED) is 0.547. The summed E-state index contributed by atoms with van der Waals surface area (Å²) in [5.41, 5.74) is 2.49. The van der Waals surface area contributed by atoms with Gasteiger partial charge in [0.2, 0.25) is 5.91 Å². The Morgan fingerprint density at radius 2 is 1.66 bits per heavy atom. The van der Waals surface area contributed by atoms with E-state index in [1.165, 1.54) is 12.1 Å². The molecule has 6 nitrogen and oxygen atoms in total. The molecule has 1 aromatic heterocycles. The van der Waals surface area contributed by atoms with Crippen LogP contribution < -0.4 is 5.32 Å². The number of carboxylic acid groups (broad SMARTS) is 2. The number of anilines is 1. The van der Waals surface area contributed by atoms with Crippen molar-refractivity contribution in [2.45, 2.75) is 12.3 Å². The largest absolute Gasteiger partial charge is 0.478 e. The molecule has 0 saturated heterocycles. The van der Waals surface area contributed by atoms with Crippen LogP contribution in [0, 0.1) is 0 Å². The topological polar surface area (TPSA) is 104 Å². The highest BCUT2D eigenvalue weighted by molar-refractivity contribution is 7.15. The number of hydrogen-bond acceptors (Lipinski definition) is 4. The molecule has 0 radical (unpaired) electrons. The van der Waals surface area contributed by atoms with Gasteiger partial charge in [-0.3, -0.25) is 4.79 Å². The number of hydrogen-bond donors (Lipinski definition) is 3. The average molecular weight is 428 g/mol. The van der Waals surface area contributed by atoms with Gasteiger partial charge < -0.3 is 15.5 Å². The number of carbonyl (C=O) groups is 3. The SMILES string of the molecule is O=C1C[C@H](c2ccc(C(=O)O)cc2)c2sc(C(=O)O)c(-c3ccc(Cl)cc3)c2N1. The fourth-order valence-electron chi connectivity index (χ4n) is 3.46. The minimum atomic E-state index is -1.08. The van der Waals surface area contributed by atoms with E-state index in [0.717, 1.165) is 21.8 Å². The van der Waals surface area contributed by atoms with Crippen LogP contribution in [0.3, 0.4) is 0 Å². The molecular formula is C21H14ClNO5S. The monoisotopic (exact) mass is 427 g/mol. The molecule has 0 saturated carbocycles. The molecule has 146 valence electrons. The third-order valence-electron chi connectivity index (χ3n) is 4.79. The second-order valence-corrected chi connectivity index (χ2v) is 8.08. The summed E-state index contributed by atoms with van der Waals surface area (Å²) >= 11 is 7.08. The fraction of sp³-hybridized carbons (Fsp3) is 0.0952. The first-order valence-corrected chi connectivity index (χ1v) is 9.83. The second kappa shape index (κ2) is 7.35. The van der Waals surface area contributed by atoms with Gasteiger partial charge in [0, 0.05) is 27.8 Å². The van der Waals surface area contributed by atoms with E-state index in [2.05, 4.69) is 5.32 Å². The molecule has 0 unspecified atom stereocenters. The Kier molecular flexibility index (Phi) is 4.86.